The number of benzene rings is 1. The Kier molecular flexibility index (Phi) is 11.7. The van der Waals surface area contributed by atoms with Crippen LogP contribution in [0.3, 0.4) is 0 Å². The summed E-state index contributed by atoms with van der Waals surface area (Å²) in [6.07, 6.45) is 4.99. The van der Waals surface area contributed by atoms with Crippen molar-refractivity contribution < 1.29 is 36.7 Å². The predicted octanol–water partition coefficient (Wildman–Crippen LogP) is 1.71. The van der Waals surface area contributed by atoms with Gasteiger partial charge in [-0.25, -0.2) is 22.9 Å². The molecule has 4 rings (SSSR count). The number of likely N-dealkylation sites (tertiary alicyclic amines) is 2. The third-order valence-corrected chi connectivity index (χ3v) is 8.58. The number of hydrogen-bond acceptors (Lipinski definition) is 10. The van der Waals surface area contributed by atoms with Gasteiger partial charge >= 0.3 is 6.09 Å². The van der Waals surface area contributed by atoms with Gasteiger partial charge in [0.25, 0.3) is 5.89 Å². The first kappa shape index (κ1) is 34.1. The van der Waals surface area contributed by atoms with Gasteiger partial charge in [0.2, 0.25) is 27.6 Å². The number of amides is 3. The molecular formula is C30H42N6O8S. The van der Waals surface area contributed by atoms with Gasteiger partial charge in [-0.1, -0.05) is 18.2 Å². The molecule has 0 bridgehead atoms. The molecule has 4 atom stereocenters. The van der Waals surface area contributed by atoms with Crippen LogP contribution in [-0.2, 0) is 24.3 Å². The second kappa shape index (κ2) is 15.5. The topological polar surface area (TPSA) is 194 Å². The summed E-state index contributed by atoms with van der Waals surface area (Å²) in [5, 5.41) is 2.77. The highest BCUT2D eigenvalue weighted by Gasteiger charge is 2.45. The molecule has 246 valence electrons. The Morgan fingerprint density at radius 2 is 1.89 bits per heavy atom. The van der Waals surface area contributed by atoms with E-state index in [9.17, 15) is 27.6 Å². The smallest absolute Gasteiger partial charge is 0.410 e. The van der Waals surface area contributed by atoms with E-state index >= 15 is 0 Å². The summed E-state index contributed by atoms with van der Waals surface area (Å²) in [5.41, 5.74) is 6.58. The molecule has 0 radical (unpaired) electrons. The average molecular weight is 647 g/mol. The Bertz CT molecular complexity index is 1460. The van der Waals surface area contributed by atoms with Crippen LogP contribution in [0.15, 0.2) is 41.3 Å². The second-order valence-corrected chi connectivity index (χ2v) is 13.2. The number of hydrogen-bond donors (Lipinski definition) is 3. The zero-order valence-corrected chi connectivity index (χ0v) is 26.3. The summed E-state index contributed by atoms with van der Waals surface area (Å²) in [6, 6.07) is 3.47. The number of nitrogens with two attached hydrogens (primary N) is 1. The number of nitrogens with one attached hydrogen (secondary N) is 2. The van der Waals surface area contributed by atoms with Gasteiger partial charge in [0.05, 0.1) is 18.8 Å². The van der Waals surface area contributed by atoms with Gasteiger partial charge in [0.15, 0.2) is 5.58 Å². The van der Waals surface area contributed by atoms with Crippen molar-refractivity contribution >= 4 is 44.8 Å². The molecule has 3 amide bonds. The summed E-state index contributed by atoms with van der Waals surface area (Å²) in [4.78, 5) is 61.1. The maximum atomic E-state index is 13.9. The summed E-state index contributed by atoms with van der Waals surface area (Å²) in [7, 11) is -3.80. The van der Waals surface area contributed by atoms with Gasteiger partial charge in [-0.2, -0.15) is 0 Å². The van der Waals surface area contributed by atoms with Crippen molar-refractivity contribution in [1.82, 2.24) is 24.8 Å². The van der Waals surface area contributed by atoms with Crippen molar-refractivity contribution in [3.63, 3.8) is 0 Å². The van der Waals surface area contributed by atoms with Gasteiger partial charge in [-0.3, -0.25) is 14.4 Å². The lowest BCUT2D eigenvalue weighted by atomic mass is 10.0. The minimum atomic E-state index is -3.80. The lowest BCUT2D eigenvalue weighted by Gasteiger charge is -2.29. The fourth-order valence-corrected chi connectivity index (χ4v) is 6.36. The van der Waals surface area contributed by atoms with E-state index in [0.717, 1.165) is 25.5 Å². The molecule has 4 N–H and O–H groups in total. The Morgan fingerprint density at radius 1 is 1.16 bits per heavy atom. The number of piperidine rings is 1. The molecule has 45 heavy (non-hydrogen) atoms. The Morgan fingerprint density at radius 3 is 2.56 bits per heavy atom. The molecule has 0 spiro atoms. The minimum Gasteiger partial charge on any atom is -0.444 e. The van der Waals surface area contributed by atoms with E-state index in [1.165, 1.54) is 11.0 Å². The molecule has 0 saturated carbocycles. The zero-order valence-electron chi connectivity index (χ0n) is 25.5. The number of para-hydroxylation sites is 2. The third kappa shape index (κ3) is 9.11. The number of ether oxygens (including phenoxy) is 1. The first-order chi connectivity index (χ1) is 21.5. The van der Waals surface area contributed by atoms with Crippen molar-refractivity contribution in [2.75, 3.05) is 32.4 Å². The SMILES string of the molecule is C=CC[C@@H](NS(C)(=O)=O)C(=O)N1C[C@H](OC(=O)N2CCCCC2)C[C@H]1C(=O)N[C@@H](CCCCN)C(=O)c1nc2ccccc2o1. The first-order valence-electron chi connectivity index (χ1n) is 15.2. The number of fused-ring (bicyclic) bond motifs is 1. The molecule has 15 heteroatoms. The highest BCUT2D eigenvalue weighted by Crippen LogP contribution is 2.25. The molecule has 2 aromatic rings. The number of rotatable bonds is 14. The van der Waals surface area contributed by atoms with Crippen LogP contribution >= 0.6 is 0 Å². The summed E-state index contributed by atoms with van der Waals surface area (Å²) < 4.78 is 37.8. The summed E-state index contributed by atoms with van der Waals surface area (Å²) in [6.45, 7) is 4.99. The number of oxazole rings is 1. The Balaban J connectivity index is 1.57. The van der Waals surface area contributed by atoms with Crippen molar-refractivity contribution in [3.05, 3.63) is 42.8 Å². The van der Waals surface area contributed by atoms with E-state index in [1.807, 2.05) is 0 Å². The molecule has 2 saturated heterocycles. The highest BCUT2D eigenvalue weighted by atomic mass is 32.2. The van der Waals surface area contributed by atoms with Crippen LogP contribution in [0.2, 0.25) is 0 Å². The molecule has 1 aromatic carbocycles. The minimum absolute atomic E-state index is 0.0348. The highest BCUT2D eigenvalue weighted by molar-refractivity contribution is 7.88. The van der Waals surface area contributed by atoms with Gasteiger partial charge in [0, 0.05) is 19.5 Å². The molecule has 1 aromatic heterocycles. The maximum Gasteiger partial charge on any atom is 0.410 e. The number of carbonyl (C=O) groups excluding carboxylic acids is 4. The number of Topliss-reactive ketones (excluding diaryl/α,β-unsaturated/α-hetero) is 1. The molecule has 0 unspecified atom stereocenters. The lowest BCUT2D eigenvalue weighted by molar-refractivity contribution is -0.139. The van der Waals surface area contributed by atoms with Crippen molar-refractivity contribution in [2.24, 2.45) is 5.73 Å². The molecule has 2 aliphatic rings. The van der Waals surface area contributed by atoms with E-state index < -0.39 is 57.9 Å². The number of aromatic nitrogens is 1. The predicted molar refractivity (Wildman–Crippen MR) is 166 cm³/mol. The first-order valence-corrected chi connectivity index (χ1v) is 17.1. The van der Waals surface area contributed by atoms with E-state index in [1.54, 1.807) is 29.2 Å². The Hall–Kier alpha value is -3.82. The van der Waals surface area contributed by atoms with Crippen molar-refractivity contribution in [3.8, 4) is 0 Å². The van der Waals surface area contributed by atoms with Crippen LogP contribution < -0.4 is 15.8 Å². The van der Waals surface area contributed by atoms with E-state index in [4.69, 9.17) is 14.9 Å². The molecule has 0 aliphatic carbocycles. The largest absolute Gasteiger partial charge is 0.444 e. The van der Waals surface area contributed by atoms with Gasteiger partial charge in [-0.05, 0) is 63.6 Å². The van der Waals surface area contributed by atoms with Crippen LogP contribution in [0.5, 0.6) is 0 Å². The lowest BCUT2D eigenvalue weighted by Crippen LogP contribution is -2.55. The van der Waals surface area contributed by atoms with Crippen LogP contribution in [0.25, 0.3) is 11.1 Å². The van der Waals surface area contributed by atoms with Crippen LogP contribution in [-0.4, -0.2) is 104 Å². The monoisotopic (exact) mass is 646 g/mol. The number of sulfonamides is 1. The van der Waals surface area contributed by atoms with Crippen LogP contribution in [0.4, 0.5) is 4.79 Å². The van der Waals surface area contributed by atoms with Crippen LogP contribution in [0.1, 0.15) is 62.1 Å². The molecular weight excluding hydrogens is 604 g/mol. The molecule has 2 fully saturated rings. The molecule has 3 heterocycles. The van der Waals surface area contributed by atoms with E-state index in [0.29, 0.717) is 43.6 Å². The van der Waals surface area contributed by atoms with Gasteiger partial charge < -0.3 is 30.0 Å². The Labute approximate surface area is 262 Å². The molecule has 2 aliphatic heterocycles. The summed E-state index contributed by atoms with van der Waals surface area (Å²) >= 11 is 0. The number of carbonyl (C=O) groups is 4. The van der Waals surface area contributed by atoms with Gasteiger partial charge in [0.1, 0.15) is 23.7 Å². The maximum absolute atomic E-state index is 13.9. The number of unbranched alkanes of at least 4 members (excludes halogenated alkanes) is 1. The normalized spacial score (nSPS) is 20.0. The van der Waals surface area contributed by atoms with E-state index in [-0.39, 0.29) is 31.7 Å². The van der Waals surface area contributed by atoms with Crippen molar-refractivity contribution in [2.45, 2.75) is 75.6 Å². The molecule has 14 nitrogen and oxygen atoms in total. The zero-order chi connectivity index (χ0) is 32.6. The fraction of sp³-hybridized carbons (Fsp3) is 0.567. The van der Waals surface area contributed by atoms with Gasteiger partial charge in [-0.15, -0.1) is 6.58 Å². The van der Waals surface area contributed by atoms with Crippen LogP contribution in [0, 0.1) is 0 Å². The quantitative estimate of drug-likeness (QED) is 0.155. The van der Waals surface area contributed by atoms with Crippen molar-refractivity contribution in [1.29, 1.82) is 0 Å². The number of ketones is 1. The fourth-order valence-electron chi connectivity index (χ4n) is 5.65. The third-order valence-electron chi connectivity index (χ3n) is 7.87. The number of nitrogens with zero attached hydrogens (tertiary/aromatic N) is 3. The summed E-state index contributed by atoms with van der Waals surface area (Å²) in [5.74, 6) is -2.03. The standard InChI is InChI=1S/C30H42N6O8S/c1-3-11-23(34-45(2,41)42)29(39)36-19-20(43-30(40)35-16-9-4-10-17-35)18-24(36)27(38)32-22(13-7-8-15-31)26(37)28-33-21-12-5-6-14-25(21)44-28/h3,5-6,12,14,20,22-24,34H,1,4,7-11,13,15-19,31H2,2H3,(H,32,38)/t20-,22+,23-,24+/m1/s1. The average Bonchev–Trinajstić information content (AvgIpc) is 3.64. The second-order valence-electron chi connectivity index (χ2n) is 11.5. The van der Waals surface area contributed by atoms with E-state index in [2.05, 4.69) is 21.6 Å².